The molecular weight excluding hydrogens is 150 g/mol. The van der Waals surface area contributed by atoms with Crippen LogP contribution in [0.15, 0.2) is 0 Å². The standard InChI is InChI=1S/C10H21NO/c1-9-4-6-11(5-3-7-12)10(2)8-9/h9-10,12H,3-8H2,1-2H3/t9-,10-/m0/s1. The molecule has 0 amide bonds. The van der Waals surface area contributed by atoms with Gasteiger partial charge in [0.1, 0.15) is 0 Å². The summed E-state index contributed by atoms with van der Waals surface area (Å²) in [5, 5.41) is 8.71. The van der Waals surface area contributed by atoms with E-state index in [1.165, 1.54) is 19.4 Å². The first-order valence-corrected chi connectivity index (χ1v) is 5.09. The lowest BCUT2D eigenvalue weighted by Crippen LogP contribution is -2.40. The molecule has 1 saturated heterocycles. The lowest BCUT2D eigenvalue weighted by Gasteiger charge is -2.36. The van der Waals surface area contributed by atoms with E-state index in [9.17, 15) is 0 Å². The predicted molar refractivity (Wildman–Crippen MR) is 51.1 cm³/mol. The Hall–Kier alpha value is -0.0800. The molecule has 1 fully saturated rings. The summed E-state index contributed by atoms with van der Waals surface area (Å²) in [4.78, 5) is 2.50. The van der Waals surface area contributed by atoms with Crippen molar-refractivity contribution in [3.8, 4) is 0 Å². The summed E-state index contributed by atoms with van der Waals surface area (Å²) in [6.07, 6.45) is 3.58. The highest BCUT2D eigenvalue weighted by atomic mass is 16.3. The third-order valence-electron chi connectivity index (χ3n) is 2.88. The van der Waals surface area contributed by atoms with Crippen molar-refractivity contribution in [1.82, 2.24) is 4.90 Å². The highest BCUT2D eigenvalue weighted by molar-refractivity contribution is 4.76. The van der Waals surface area contributed by atoms with E-state index in [2.05, 4.69) is 18.7 Å². The van der Waals surface area contributed by atoms with Crippen molar-refractivity contribution >= 4 is 0 Å². The van der Waals surface area contributed by atoms with E-state index in [4.69, 9.17) is 5.11 Å². The summed E-state index contributed by atoms with van der Waals surface area (Å²) in [7, 11) is 0. The van der Waals surface area contributed by atoms with Gasteiger partial charge in [0.15, 0.2) is 0 Å². The van der Waals surface area contributed by atoms with Gasteiger partial charge in [-0.2, -0.15) is 0 Å². The average Bonchev–Trinajstić information content (AvgIpc) is 2.03. The van der Waals surface area contributed by atoms with Crippen LogP contribution in [-0.2, 0) is 0 Å². The van der Waals surface area contributed by atoms with Gasteiger partial charge in [-0.1, -0.05) is 6.92 Å². The van der Waals surface area contributed by atoms with Gasteiger partial charge in [-0.15, -0.1) is 0 Å². The van der Waals surface area contributed by atoms with E-state index in [1.54, 1.807) is 0 Å². The van der Waals surface area contributed by atoms with Crippen molar-refractivity contribution < 1.29 is 5.11 Å². The number of aliphatic hydroxyl groups is 1. The second-order valence-electron chi connectivity index (χ2n) is 4.09. The summed E-state index contributed by atoms with van der Waals surface area (Å²) in [5.74, 6) is 0.894. The molecule has 1 aliphatic heterocycles. The maximum Gasteiger partial charge on any atom is 0.0443 e. The molecule has 0 saturated carbocycles. The van der Waals surface area contributed by atoms with Crippen LogP contribution >= 0.6 is 0 Å². The fraction of sp³-hybridized carbons (Fsp3) is 1.00. The maximum absolute atomic E-state index is 8.71. The minimum Gasteiger partial charge on any atom is -0.396 e. The van der Waals surface area contributed by atoms with Crippen LogP contribution in [0.1, 0.15) is 33.1 Å². The number of piperidine rings is 1. The Morgan fingerprint density at radius 3 is 2.75 bits per heavy atom. The van der Waals surface area contributed by atoms with Crippen LogP contribution in [-0.4, -0.2) is 35.7 Å². The zero-order valence-corrected chi connectivity index (χ0v) is 8.29. The third-order valence-corrected chi connectivity index (χ3v) is 2.88. The van der Waals surface area contributed by atoms with Crippen LogP contribution in [0.2, 0.25) is 0 Å². The van der Waals surface area contributed by atoms with Crippen LogP contribution in [0, 0.1) is 5.92 Å². The molecule has 2 atom stereocenters. The van der Waals surface area contributed by atoms with E-state index in [-0.39, 0.29) is 0 Å². The van der Waals surface area contributed by atoms with Crippen LogP contribution in [0.4, 0.5) is 0 Å². The van der Waals surface area contributed by atoms with Crippen molar-refractivity contribution in [2.75, 3.05) is 19.7 Å². The number of hydrogen-bond donors (Lipinski definition) is 1. The average molecular weight is 171 g/mol. The monoisotopic (exact) mass is 171 g/mol. The molecule has 0 aromatic carbocycles. The fourth-order valence-corrected chi connectivity index (χ4v) is 2.06. The summed E-state index contributed by atoms with van der Waals surface area (Å²) in [6.45, 7) is 7.26. The molecule has 0 unspecified atom stereocenters. The van der Waals surface area contributed by atoms with E-state index in [0.717, 1.165) is 24.9 Å². The van der Waals surface area contributed by atoms with Gasteiger partial charge in [0, 0.05) is 19.2 Å². The molecule has 0 radical (unpaired) electrons. The highest BCUT2D eigenvalue weighted by Gasteiger charge is 2.21. The highest BCUT2D eigenvalue weighted by Crippen LogP contribution is 2.21. The Morgan fingerprint density at radius 1 is 1.42 bits per heavy atom. The molecule has 0 aromatic rings. The zero-order chi connectivity index (χ0) is 8.97. The lowest BCUT2D eigenvalue weighted by molar-refractivity contribution is 0.119. The minimum atomic E-state index is 0.332. The first-order chi connectivity index (χ1) is 5.74. The van der Waals surface area contributed by atoms with Crippen molar-refractivity contribution in [2.45, 2.75) is 39.2 Å². The van der Waals surface area contributed by atoms with E-state index in [1.807, 2.05) is 0 Å². The SMILES string of the molecule is C[C@H]1CCN(CCCO)[C@@H](C)C1. The molecule has 1 rings (SSSR count). The van der Waals surface area contributed by atoms with Gasteiger partial charge < -0.3 is 10.0 Å². The van der Waals surface area contributed by atoms with Crippen molar-refractivity contribution in [2.24, 2.45) is 5.92 Å². The van der Waals surface area contributed by atoms with Crippen LogP contribution < -0.4 is 0 Å². The Labute approximate surface area is 75.6 Å². The quantitative estimate of drug-likeness (QED) is 0.695. The summed E-state index contributed by atoms with van der Waals surface area (Å²) in [6, 6.07) is 0.722. The first-order valence-electron chi connectivity index (χ1n) is 5.09. The molecule has 0 aliphatic carbocycles. The third kappa shape index (κ3) is 2.76. The smallest absolute Gasteiger partial charge is 0.0443 e. The van der Waals surface area contributed by atoms with Crippen LogP contribution in [0.3, 0.4) is 0 Å². The van der Waals surface area contributed by atoms with E-state index < -0.39 is 0 Å². The topological polar surface area (TPSA) is 23.5 Å². The molecular formula is C10H21NO. The molecule has 2 nitrogen and oxygen atoms in total. The Morgan fingerprint density at radius 2 is 2.17 bits per heavy atom. The van der Waals surface area contributed by atoms with Gasteiger partial charge in [0.2, 0.25) is 0 Å². The Kier molecular flexibility index (Phi) is 4.02. The Bertz CT molecular complexity index is 125. The number of nitrogens with zero attached hydrogens (tertiary/aromatic N) is 1. The second kappa shape index (κ2) is 4.83. The summed E-state index contributed by atoms with van der Waals surface area (Å²) >= 11 is 0. The predicted octanol–water partition coefficient (Wildman–Crippen LogP) is 1.49. The van der Waals surface area contributed by atoms with Crippen LogP contribution in [0.5, 0.6) is 0 Å². The van der Waals surface area contributed by atoms with Gasteiger partial charge in [-0.3, -0.25) is 0 Å². The number of rotatable bonds is 3. The van der Waals surface area contributed by atoms with Crippen molar-refractivity contribution in [1.29, 1.82) is 0 Å². The Balaban J connectivity index is 2.25. The van der Waals surface area contributed by atoms with E-state index >= 15 is 0 Å². The molecule has 0 aromatic heterocycles. The molecule has 12 heavy (non-hydrogen) atoms. The molecule has 1 aliphatic rings. The van der Waals surface area contributed by atoms with E-state index in [0.29, 0.717) is 6.61 Å². The first kappa shape index (κ1) is 10.0. The van der Waals surface area contributed by atoms with Gasteiger partial charge in [0.05, 0.1) is 0 Å². The molecule has 0 bridgehead atoms. The largest absolute Gasteiger partial charge is 0.396 e. The van der Waals surface area contributed by atoms with Crippen LogP contribution in [0.25, 0.3) is 0 Å². The maximum atomic E-state index is 8.71. The van der Waals surface area contributed by atoms with Gasteiger partial charge in [0.25, 0.3) is 0 Å². The van der Waals surface area contributed by atoms with Gasteiger partial charge in [-0.05, 0) is 38.6 Å². The summed E-state index contributed by atoms with van der Waals surface area (Å²) < 4.78 is 0. The summed E-state index contributed by atoms with van der Waals surface area (Å²) in [5.41, 5.74) is 0. The van der Waals surface area contributed by atoms with Crippen molar-refractivity contribution in [3.63, 3.8) is 0 Å². The van der Waals surface area contributed by atoms with Gasteiger partial charge in [-0.25, -0.2) is 0 Å². The molecule has 1 heterocycles. The fourth-order valence-electron chi connectivity index (χ4n) is 2.06. The normalized spacial score (nSPS) is 32.2. The minimum absolute atomic E-state index is 0.332. The molecule has 2 heteroatoms. The lowest BCUT2D eigenvalue weighted by atomic mass is 9.93. The van der Waals surface area contributed by atoms with Crippen molar-refractivity contribution in [3.05, 3.63) is 0 Å². The molecule has 72 valence electrons. The zero-order valence-electron chi connectivity index (χ0n) is 8.29. The molecule has 1 N–H and O–H groups in total. The second-order valence-corrected chi connectivity index (χ2v) is 4.09. The van der Waals surface area contributed by atoms with Gasteiger partial charge >= 0.3 is 0 Å². The number of hydrogen-bond acceptors (Lipinski definition) is 2. The number of likely N-dealkylation sites (tertiary alicyclic amines) is 1. The molecule has 0 spiro atoms. The number of aliphatic hydroxyl groups excluding tert-OH is 1.